The van der Waals surface area contributed by atoms with Crippen LogP contribution in [-0.2, 0) is 23.1 Å². The van der Waals surface area contributed by atoms with Gasteiger partial charge in [0.05, 0.1) is 19.3 Å². The molecule has 30 heavy (non-hydrogen) atoms. The summed E-state index contributed by atoms with van der Waals surface area (Å²) in [6.45, 7) is 4.03. The van der Waals surface area contributed by atoms with Gasteiger partial charge in [-0.3, -0.25) is 0 Å². The topological polar surface area (TPSA) is 21.7 Å². The standard InChI is InChI=1S/C26H28BrNO2/c1-26(21-6-8-22(27)9-7-21)25-13-12-24(30-3)18-20(25)14-16-28(26)23-10-4-19(5-11-23)15-17-29-2/h4-13,18H,14-17H2,1-3H3. The van der Waals surface area contributed by atoms with Gasteiger partial charge in [-0.15, -0.1) is 0 Å². The monoisotopic (exact) mass is 465 g/mol. The van der Waals surface area contributed by atoms with Crippen molar-refractivity contribution in [2.24, 2.45) is 0 Å². The molecule has 0 saturated carbocycles. The molecule has 1 aliphatic heterocycles. The molecule has 0 aromatic heterocycles. The zero-order valence-corrected chi connectivity index (χ0v) is 19.4. The number of hydrogen-bond acceptors (Lipinski definition) is 3. The number of fused-ring (bicyclic) bond motifs is 1. The first-order valence-electron chi connectivity index (χ1n) is 10.3. The van der Waals surface area contributed by atoms with Gasteiger partial charge in [-0.1, -0.05) is 46.3 Å². The van der Waals surface area contributed by atoms with Crippen LogP contribution in [0.1, 0.15) is 29.2 Å². The van der Waals surface area contributed by atoms with E-state index >= 15 is 0 Å². The van der Waals surface area contributed by atoms with E-state index < -0.39 is 0 Å². The van der Waals surface area contributed by atoms with E-state index in [1.165, 1.54) is 27.9 Å². The van der Waals surface area contributed by atoms with Gasteiger partial charge in [-0.2, -0.15) is 0 Å². The Bertz CT molecular complexity index is 1000. The molecule has 3 nitrogen and oxygen atoms in total. The summed E-state index contributed by atoms with van der Waals surface area (Å²) >= 11 is 3.59. The Balaban J connectivity index is 1.80. The summed E-state index contributed by atoms with van der Waals surface area (Å²) in [5.41, 5.74) is 6.23. The SMILES string of the molecule is COCCc1ccc(N2CCc3cc(OC)ccc3C2(C)c2ccc(Br)cc2)cc1. The van der Waals surface area contributed by atoms with Crippen LogP contribution < -0.4 is 9.64 Å². The van der Waals surface area contributed by atoms with E-state index in [1.54, 1.807) is 14.2 Å². The third-order valence-corrected chi connectivity index (χ3v) is 6.76. The minimum absolute atomic E-state index is 0.269. The second-order valence-electron chi connectivity index (χ2n) is 7.91. The number of benzene rings is 3. The molecular weight excluding hydrogens is 438 g/mol. The Morgan fingerprint density at radius 1 is 0.967 bits per heavy atom. The van der Waals surface area contributed by atoms with E-state index in [4.69, 9.17) is 9.47 Å². The molecule has 0 fully saturated rings. The Morgan fingerprint density at radius 3 is 2.37 bits per heavy atom. The summed E-state index contributed by atoms with van der Waals surface area (Å²) in [6.07, 6.45) is 1.92. The summed E-state index contributed by atoms with van der Waals surface area (Å²) < 4.78 is 11.8. The van der Waals surface area contributed by atoms with Crippen LogP contribution in [0.15, 0.2) is 71.2 Å². The second-order valence-corrected chi connectivity index (χ2v) is 8.83. The molecule has 3 aromatic carbocycles. The fraction of sp³-hybridized carbons (Fsp3) is 0.308. The molecule has 0 saturated heterocycles. The van der Waals surface area contributed by atoms with Crippen LogP contribution in [0, 0.1) is 0 Å². The number of methoxy groups -OCH3 is 2. The molecule has 3 aromatic rings. The van der Waals surface area contributed by atoms with Crippen molar-refractivity contribution in [1.82, 2.24) is 0 Å². The van der Waals surface area contributed by atoms with Crippen LogP contribution in [-0.4, -0.2) is 27.4 Å². The number of halogens is 1. The highest BCUT2D eigenvalue weighted by Crippen LogP contribution is 2.44. The Kier molecular flexibility index (Phi) is 6.16. The van der Waals surface area contributed by atoms with Crippen LogP contribution in [0.25, 0.3) is 0 Å². The van der Waals surface area contributed by atoms with E-state index in [0.717, 1.165) is 36.2 Å². The highest BCUT2D eigenvalue weighted by atomic mass is 79.9. The average Bonchev–Trinajstić information content (AvgIpc) is 2.78. The molecule has 4 rings (SSSR count). The first-order valence-corrected chi connectivity index (χ1v) is 11.1. The molecule has 156 valence electrons. The zero-order chi connectivity index (χ0) is 21.1. The first kappa shape index (κ1) is 21.0. The molecule has 0 spiro atoms. The van der Waals surface area contributed by atoms with Crippen molar-refractivity contribution in [3.05, 3.63) is 93.5 Å². The number of anilines is 1. The molecule has 0 N–H and O–H groups in total. The highest BCUT2D eigenvalue weighted by Gasteiger charge is 2.40. The van der Waals surface area contributed by atoms with Crippen LogP contribution in [0.5, 0.6) is 5.75 Å². The van der Waals surface area contributed by atoms with E-state index in [9.17, 15) is 0 Å². The number of nitrogens with zero attached hydrogens (tertiary/aromatic N) is 1. The quantitative estimate of drug-likeness (QED) is 0.447. The average molecular weight is 466 g/mol. The van der Waals surface area contributed by atoms with Gasteiger partial charge in [0.1, 0.15) is 5.75 Å². The third-order valence-electron chi connectivity index (χ3n) is 6.23. The summed E-state index contributed by atoms with van der Waals surface area (Å²) in [7, 11) is 3.48. The number of hydrogen-bond donors (Lipinski definition) is 0. The predicted molar refractivity (Wildman–Crippen MR) is 127 cm³/mol. The Morgan fingerprint density at radius 2 is 1.70 bits per heavy atom. The van der Waals surface area contributed by atoms with Crippen molar-refractivity contribution in [2.75, 3.05) is 32.3 Å². The highest BCUT2D eigenvalue weighted by molar-refractivity contribution is 9.10. The zero-order valence-electron chi connectivity index (χ0n) is 17.8. The maximum Gasteiger partial charge on any atom is 0.119 e. The number of ether oxygens (including phenoxy) is 2. The van der Waals surface area contributed by atoms with Gasteiger partial charge in [0, 0.05) is 23.8 Å². The summed E-state index contributed by atoms with van der Waals surface area (Å²) in [4.78, 5) is 2.53. The molecule has 1 atom stereocenters. The smallest absolute Gasteiger partial charge is 0.119 e. The van der Waals surface area contributed by atoms with Gasteiger partial charge in [0.25, 0.3) is 0 Å². The lowest BCUT2D eigenvalue weighted by Gasteiger charge is -2.48. The first-order chi connectivity index (χ1) is 14.6. The maximum atomic E-state index is 5.50. The van der Waals surface area contributed by atoms with Crippen LogP contribution in [0.4, 0.5) is 5.69 Å². The fourth-order valence-corrected chi connectivity index (χ4v) is 4.78. The van der Waals surface area contributed by atoms with Crippen molar-refractivity contribution in [1.29, 1.82) is 0 Å². The predicted octanol–water partition coefficient (Wildman–Crippen LogP) is 5.97. The Labute approximate surface area is 187 Å². The lowest BCUT2D eigenvalue weighted by molar-refractivity contribution is 0.202. The maximum absolute atomic E-state index is 5.50. The second kappa shape index (κ2) is 8.83. The molecule has 0 bridgehead atoms. The minimum atomic E-state index is -0.269. The largest absolute Gasteiger partial charge is 0.497 e. The van der Waals surface area contributed by atoms with Gasteiger partial charge < -0.3 is 14.4 Å². The Hall–Kier alpha value is -2.30. The summed E-state index contributed by atoms with van der Waals surface area (Å²) in [5.74, 6) is 0.919. The van der Waals surface area contributed by atoms with Crippen molar-refractivity contribution >= 4 is 21.6 Å². The van der Waals surface area contributed by atoms with Gasteiger partial charge in [-0.25, -0.2) is 0 Å². The normalized spacial score (nSPS) is 18.2. The van der Waals surface area contributed by atoms with Gasteiger partial charge >= 0.3 is 0 Å². The lowest BCUT2D eigenvalue weighted by atomic mass is 9.76. The van der Waals surface area contributed by atoms with Crippen molar-refractivity contribution in [3.63, 3.8) is 0 Å². The third kappa shape index (κ3) is 3.86. The molecule has 0 radical (unpaired) electrons. The molecule has 1 heterocycles. The van der Waals surface area contributed by atoms with Crippen LogP contribution >= 0.6 is 15.9 Å². The lowest BCUT2D eigenvalue weighted by Crippen LogP contribution is -2.49. The molecule has 1 aliphatic rings. The van der Waals surface area contributed by atoms with Gasteiger partial charge in [0.2, 0.25) is 0 Å². The summed E-state index contributed by atoms with van der Waals surface area (Å²) in [6, 6.07) is 24.1. The van der Waals surface area contributed by atoms with E-state index in [1.807, 2.05) is 0 Å². The molecule has 0 aliphatic carbocycles. The fourth-order valence-electron chi connectivity index (χ4n) is 4.52. The van der Waals surface area contributed by atoms with Crippen LogP contribution in [0.2, 0.25) is 0 Å². The molecular formula is C26H28BrNO2. The molecule has 1 unspecified atom stereocenters. The summed E-state index contributed by atoms with van der Waals surface area (Å²) in [5, 5.41) is 0. The van der Waals surface area contributed by atoms with Crippen molar-refractivity contribution < 1.29 is 9.47 Å². The number of rotatable bonds is 6. The van der Waals surface area contributed by atoms with Gasteiger partial charge in [-0.05, 0) is 78.4 Å². The molecule has 0 amide bonds. The van der Waals surface area contributed by atoms with Crippen LogP contribution in [0.3, 0.4) is 0 Å². The van der Waals surface area contributed by atoms with Crippen molar-refractivity contribution in [2.45, 2.75) is 25.3 Å². The van der Waals surface area contributed by atoms with Gasteiger partial charge in [0.15, 0.2) is 0 Å². The minimum Gasteiger partial charge on any atom is -0.497 e. The van der Waals surface area contributed by atoms with E-state index in [-0.39, 0.29) is 5.54 Å². The van der Waals surface area contributed by atoms with E-state index in [2.05, 4.69) is 94.5 Å². The van der Waals surface area contributed by atoms with Crippen molar-refractivity contribution in [3.8, 4) is 5.75 Å². The molecule has 4 heteroatoms. The van der Waals surface area contributed by atoms with E-state index in [0.29, 0.717) is 0 Å².